The van der Waals surface area contributed by atoms with E-state index in [1.54, 1.807) is 21.1 Å². The molecule has 0 bridgehead atoms. The van der Waals surface area contributed by atoms with Crippen molar-refractivity contribution in [2.75, 3.05) is 27.4 Å². The molecule has 4 heteroatoms. The zero-order valence-corrected chi connectivity index (χ0v) is 11.0. The average Bonchev–Trinajstić information content (AvgIpc) is 2.32. The Bertz CT molecular complexity index is 449. The van der Waals surface area contributed by atoms with E-state index in [2.05, 4.69) is 0 Å². The molecule has 0 spiro atoms. The Hall–Kier alpha value is -1.55. The summed E-state index contributed by atoms with van der Waals surface area (Å²) in [6.07, 6.45) is 0.502. The summed E-state index contributed by atoms with van der Waals surface area (Å²) >= 11 is 0. The maximum Gasteiger partial charge on any atom is 0.161 e. The maximum atomic E-state index is 11.4. The summed E-state index contributed by atoms with van der Waals surface area (Å²) in [5.41, 5.74) is 0.882. The molecule has 0 N–H and O–H groups in total. The molecule has 0 saturated carbocycles. The molecule has 0 atom stereocenters. The highest BCUT2D eigenvalue weighted by atomic mass is 16.5. The molecule has 1 aromatic carbocycles. The minimum atomic E-state index is -0.189. The van der Waals surface area contributed by atoms with Crippen LogP contribution in [0.25, 0.3) is 0 Å². The molecule has 4 nitrogen and oxygen atoms in total. The summed E-state index contributed by atoms with van der Waals surface area (Å²) in [6, 6.07) is 5.78. The first-order valence-corrected chi connectivity index (χ1v) is 5.91. The SMILES string of the molecule is COc1ccc(C2(CC(C)=O)COC2)cc1OC. The van der Waals surface area contributed by atoms with Gasteiger partial charge in [-0.1, -0.05) is 6.07 Å². The van der Waals surface area contributed by atoms with E-state index >= 15 is 0 Å². The fourth-order valence-corrected chi connectivity index (χ4v) is 2.36. The van der Waals surface area contributed by atoms with Crippen molar-refractivity contribution in [1.29, 1.82) is 0 Å². The number of hydrogen-bond donors (Lipinski definition) is 0. The Morgan fingerprint density at radius 1 is 1.28 bits per heavy atom. The monoisotopic (exact) mass is 250 g/mol. The lowest BCUT2D eigenvalue weighted by atomic mass is 9.75. The summed E-state index contributed by atoms with van der Waals surface area (Å²) in [6.45, 7) is 2.78. The van der Waals surface area contributed by atoms with Gasteiger partial charge in [0.25, 0.3) is 0 Å². The van der Waals surface area contributed by atoms with Gasteiger partial charge in [-0.25, -0.2) is 0 Å². The molecule has 1 aliphatic rings. The van der Waals surface area contributed by atoms with Crippen LogP contribution in [0.1, 0.15) is 18.9 Å². The minimum Gasteiger partial charge on any atom is -0.493 e. The molecular formula is C14H18O4. The van der Waals surface area contributed by atoms with Crippen LogP contribution in [0.5, 0.6) is 11.5 Å². The van der Waals surface area contributed by atoms with Gasteiger partial charge in [-0.05, 0) is 24.6 Å². The summed E-state index contributed by atoms with van der Waals surface area (Å²) in [5, 5.41) is 0. The van der Waals surface area contributed by atoms with Gasteiger partial charge < -0.3 is 14.2 Å². The molecule has 1 aromatic rings. The van der Waals surface area contributed by atoms with E-state index in [9.17, 15) is 4.79 Å². The maximum absolute atomic E-state index is 11.4. The second-order valence-corrected chi connectivity index (χ2v) is 4.72. The lowest BCUT2D eigenvalue weighted by Gasteiger charge is -2.41. The number of hydrogen-bond acceptors (Lipinski definition) is 4. The van der Waals surface area contributed by atoms with E-state index in [0.717, 1.165) is 5.56 Å². The fraction of sp³-hybridized carbons (Fsp3) is 0.500. The number of benzene rings is 1. The Labute approximate surface area is 107 Å². The van der Waals surface area contributed by atoms with Crippen molar-refractivity contribution >= 4 is 5.78 Å². The van der Waals surface area contributed by atoms with E-state index in [-0.39, 0.29) is 11.2 Å². The van der Waals surface area contributed by atoms with Crippen LogP contribution < -0.4 is 9.47 Å². The molecule has 98 valence electrons. The van der Waals surface area contributed by atoms with Gasteiger partial charge in [0.05, 0.1) is 27.4 Å². The number of carbonyl (C=O) groups excluding carboxylic acids is 1. The zero-order chi connectivity index (χ0) is 13.2. The van der Waals surface area contributed by atoms with E-state index in [4.69, 9.17) is 14.2 Å². The van der Waals surface area contributed by atoms with Gasteiger partial charge >= 0.3 is 0 Å². The van der Waals surface area contributed by atoms with Crippen LogP contribution in [0, 0.1) is 0 Å². The van der Waals surface area contributed by atoms with Crippen LogP contribution in [-0.4, -0.2) is 33.2 Å². The average molecular weight is 250 g/mol. The smallest absolute Gasteiger partial charge is 0.161 e. The Morgan fingerprint density at radius 2 is 1.94 bits per heavy atom. The number of ether oxygens (including phenoxy) is 3. The number of Topliss-reactive ketones (excluding diaryl/α,β-unsaturated/α-hetero) is 1. The molecule has 18 heavy (non-hydrogen) atoms. The summed E-state index contributed by atoms with van der Waals surface area (Å²) < 4.78 is 15.8. The van der Waals surface area contributed by atoms with Crippen LogP contribution in [0.3, 0.4) is 0 Å². The molecule has 1 fully saturated rings. The molecule has 0 unspecified atom stereocenters. The van der Waals surface area contributed by atoms with Crippen molar-refractivity contribution in [3.05, 3.63) is 23.8 Å². The van der Waals surface area contributed by atoms with Crippen molar-refractivity contribution in [3.63, 3.8) is 0 Å². The van der Waals surface area contributed by atoms with E-state index in [1.807, 2.05) is 18.2 Å². The summed E-state index contributed by atoms with van der Waals surface area (Å²) in [7, 11) is 3.21. The zero-order valence-electron chi connectivity index (χ0n) is 11.0. The first kappa shape index (κ1) is 12.9. The van der Waals surface area contributed by atoms with Gasteiger partial charge in [-0.3, -0.25) is 4.79 Å². The Morgan fingerprint density at radius 3 is 2.39 bits per heavy atom. The highest BCUT2D eigenvalue weighted by Gasteiger charge is 2.41. The predicted molar refractivity (Wildman–Crippen MR) is 67.3 cm³/mol. The number of rotatable bonds is 5. The van der Waals surface area contributed by atoms with Crippen LogP contribution in [-0.2, 0) is 14.9 Å². The van der Waals surface area contributed by atoms with E-state index in [0.29, 0.717) is 31.1 Å². The minimum absolute atomic E-state index is 0.174. The van der Waals surface area contributed by atoms with Crippen molar-refractivity contribution in [2.24, 2.45) is 0 Å². The van der Waals surface area contributed by atoms with Crippen molar-refractivity contribution in [2.45, 2.75) is 18.8 Å². The fourth-order valence-electron chi connectivity index (χ4n) is 2.36. The predicted octanol–water partition coefficient (Wildman–Crippen LogP) is 1.95. The van der Waals surface area contributed by atoms with Crippen LogP contribution in [0.15, 0.2) is 18.2 Å². The van der Waals surface area contributed by atoms with Gasteiger partial charge in [0.2, 0.25) is 0 Å². The second-order valence-electron chi connectivity index (χ2n) is 4.72. The summed E-state index contributed by atoms with van der Waals surface area (Å²) in [5.74, 6) is 1.55. The van der Waals surface area contributed by atoms with Crippen LogP contribution >= 0.6 is 0 Å². The number of carbonyl (C=O) groups is 1. The van der Waals surface area contributed by atoms with E-state index in [1.165, 1.54) is 0 Å². The molecule has 0 aromatic heterocycles. The molecule has 0 radical (unpaired) electrons. The van der Waals surface area contributed by atoms with Gasteiger partial charge in [-0.2, -0.15) is 0 Å². The highest BCUT2D eigenvalue weighted by Crippen LogP contribution is 2.39. The Balaban J connectivity index is 2.34. The molecule has 2 rings (SSSR count). The highest BCUT2D eigenvalue weighted by molar-refractivity contribution is 5.77. The largest absolute Gasteiger partial charge is 0.493 e. The van der Waals surface area contributed by atoms with Crippen LogP contribution in [0.4, 0.5) is 0 Å². The first-order chi connectivity index (χ1) is 8.61. The normalized spacial score (nSPS) is 16.8. The molecule has 1 aliphatic heterocycles. The third-order valence-corrected chi connectivity index (χ3v) is 3.34. The molecule has 0 aliphatic carbocycles. The van der Waals surface area contributed by atoms with Crippen molar-refractivity contribution < 1.29 is 19.0 Å². The third kappa shape index (κ3) is 2.20. The topological polar surface area (TPSA) is 44.8 Å². The quantitative estimate of drug-likeness (QED) is 0.801. The Kier molecular flexibility index (Phi) is 3.57. The number of ketones is 1. The third-order valence-electron chi connectivity index (χ3n) is 3.34. The van der Waals surface area contributed by atoms with Gasteiger partial charge in [0.15, 0.2) is 11.5 Å². The molecule has 1 heterocycles. The first-order valence-electron chi connectivity index (χ1n) is 5.91. The summed E-state index contributed by atoms with van der Waals surface area (Å²) in [4.78, 5) is 11.4. The molecule has 0 amide bonds. The van der Waals surface area contributed by atoms with Crippen molar-refractivity contribution in [1.82, 2.24) is 0 Å². The second kappa shape index (κ2) is 4.98. The van der Waals surface area contributed by atoms with Gasteiger partial charge in [-0.15, -0.1) is 0 Å². The molecular weight excluding hydrogens is 232 g/mol. The lowest BCUT2D eigenvalue weighted by Crippen LogP contribution is -2.48. The van der Waals surface area contributed by atoms with Gasteiger partial charge in [0.1, 0.15) is 5.78 Å². The lowest BCUT2D eigenvalue weighted by molar-refractivity contribution is -0.125. The molecule has 1 saturated heterocycles. The van der Waals surface area contributed by atoms with Crippen LogP contribution in [0.2, 0.25) is 0 Å². The van der Waals surface area contributed by atoms with E-state index < -0.39 is 0 Å². The van der Waals surface area contributed by atoms with Crippen molar-refractivity contribution in [3.8, 4) is 11.5 Å². The number of methoxy groups -OCH3 is 2. The van der Waals surface area contributed by atoms with Gasteiger partial charge in [0, 0.05) is 11.8 Å². The standard InChI is InChI=1S/C14H18O4/c1-10(15)7-14(8-18-9-14)11-4-5-12(16-2)13(6-11)17-3/h4-6H,7-9H2,1-3H3.